The molecule has 0 aliphatic carbocycles. The van der Waals surface area contributed by atoms with Crippen LogP contribution in [-0.4, -0.2) is 17.6 Å². The molecule has 0 fully saturated rings. The Hall–Kier alpha value is -1.97. The van der Waals surface area contributed by atoms with Crippen LogP contribution in [0.5, 0.6) is 0 Å². The first-order chi connectivity index (χ1) is 23.1. The molecular weight excluding hydrogens is 578 g/mol. The summed E-state index contributed by atoms with van der Waals surface area (Å²) < 4.78 is 0. The summed E-state index contributed by atoms with van der Waals surface area (Å²) in [5.41, 5.74) is 0.954. The van der Waals surface area contributed by atoms with Gasteiger partial charge in [0.2, 0.25) is 5.91 Å². The molecule has 2 amide bonds. The van der Waals surface area contributed by atoms with Crippen molar-refractivity contribution in [2.45, 2.75) is 219 Å². The number of hydrogen-bond donors (Lipinski definition) is 1. The van der Waals surface area contributed by atoms with Gasteiger partial charge in [0.05, 0.1) is 0 Å². The van der Waals surface area contributed by atoms with Crippen molar-refractivity contribution < 1.29 is 14.4 Å². The first-order valence-corrected chi connectivity index (χ1v) is 20.6. The van der Waals surface area contributed by atoms with E-state index in [2.05, 4.69) is 19.2 Å². The first-order valence-electron chi connectivity index (χ1n) is 20.6. The summed E-state index contributed by atoms with van der Waals surface area (Å²) in [6.07, 6.45) is 39.8. The fraction of sp³-hybridized carbons (Fsp3) is 0.791. The number of unbranched alkanes of at least 4 members (excludes halogenated alkanes) is 28. The number of carbonyl (C=O) groups excluding carboxylic acids is 3. The highest BCUT2D eigenvalue weighted by Crippen LogP contribution is 2.16. The Kier molecular flexibility index (Phi) is 29.8. The molecule has 0 aliphatic heterocycles. The van der Waals surface area contributed by atoms with E-state index in [0.29, 0.717) is 24.0 Å². The van der Waals surface area contributed by atoms with Crippen LogP contribution in [0.4, 0.5) is 0 Å². The Morgan fingerprint density at radius 2 is 0.745 bits per heavy atom. The maximum absolute atomic E-state index is 12.7. The maximum Gasteiger partial charge on any atom is 0.257 e. The molecule has 1 aromatic carbocycles. The van der Waals surface area contributed by atoms with Gasteiger partial charge in [0, 0.05) is 24.0 Å². The van der Waals surface area contributed by atoms with Crippen LogP contribution in [0.3, 0.4) is 0 Å². The molecule has 0 saturated heterocycles. The summed E-state index contributed by atoms with van der Waals surface area (Å²) in [6.45, 7) is 4.54. The molecule has 270 valence electrons. The second kappa shape index (κ2) is 32.6. The minimum absolute atomic E-state index is 0.0819. The van der Waals surface area contributed by atoms with E-state index in [1.807, 2.05) is 0 Å². The molecule has 0 aliphatic rings. The fourth-order valence-corrected chi connectivity index (χ4v) is 6.55. The number of amides is 2. The van der Waals surface area contributed by atoms with Gasteiger partial charge in [0.1, 0.15) is 0 Å². The molecule has 4 nitrogen and oxygen atoms in total. The van der Waals surface area contributed by atoms with Crippen molar-refractivity contribution in [3.8, 4) is 0 Å². The normalized spacial score (nSPS) is 11.2. The van der Waals surface area contributed by atoms with E-state index in [-0.39, 0.29) is 11.7 Å². The lowest BCUT2D eigenvalue weighted by atomic mass is 10.0. The zero-order valence-electron chi connectivity index (χ0n) is 31.2. The lowest BCUT2D eigenvalue weighted by molar-refractivity contribution is -0.120. The third kappa shape index (κ3) is 26.6. The van der Waals surface area contributed by atoms with Crippen molar-refractivity contribution >= 4 is 17.6 Å². The summed E-state index contributed by atoms with van der Waals surface area (Å²) in [5, 5.41) is 2.52. The van der Waals surface area contributed by atoms with E-state index in [4.69, 9.17) is 0 Å². The molecule has 0 aromatic heterocycles. The number of rotatable bonds is 34. The zero-order valence-corrected chi connectivity index (χ0v) is 31.2. The number of Topliss-reactive ketones (excluding diaryl/α,β-unsaturated/α-hetero) is 1. The van der Waals surface area contributed by atoms with Crippen LogP contribution in [0.2, 0.25) is 0 Å². The summed E-state index contributed by atoms with van der Waals surface area (Å²) in [6, 6.07) is 6.85. The van der Waals surface area contributed by atoms with Crippen LogP contribution >= 0.6 is 0 Å². The molecule has 0 heterocycles. The molecule has 4 heteroatoms. The van der Waals surface area contributed by atoms with Crippen LogP contribution < -0.4 is 5.32 Å². The van der Waals surface area contributed by atoms with Gasteiger partial charge < -0.3 is 0 Å². The summed E-state index contributed by atoms with van der Waals surface area (Å²) in [5.74, 6) is -0.546. The molecule has 0 saturated carbocycles. The van der Waals surface area contributed by atoms with Crippen molar-refractivity contribution in [2.75, 3.05) is 0 Å². The van der Waals surface area contributed by atoms with Gasteiger partial charge in [-0.2, -0.15) is 0 Å². The maximum atomic E-state index is 12.7. The van der Waals surface area contributed by atoms with Gasteiger partial charge in [-0.25, -0.2) is 0 Å². The molecule has 1 aromatic rings. The number of benzene rings is 1. The van der Waals surface area contributed by atoms with Crippen molar-refractivity contribution in [3.63, 3.8) is 0 Å². The van der Waals surface area contributed by atoms with Gasteiger partial charge in [-0.15, -0.1) is 0 Å². The smallest absolute Gasteiger partial charge is 0.257 e. The predicted octanol–water partition coefficient (Wildman–Crippen LogP) is 13.6. The Morgan fingerprint density at radius 1 is 0.426 bits per heavy atom. The number of ketones is 1. The molecule has 47 heavy (non-hydrogen) atoms. The van der Waals surface area contributed by atoms with Crippen LogP contribution in [-0.2, 0) is 4.79 Å². The van der Waals surface area contributed by atoms with Crippen LogP contribution in [0, 0.1) is 0 Å². The highest BCUT2D eigenvalue weighted by atomic mass is 16.2. The predicted molar refractivity (Wildman–Crippen MR) is 202 cm³/mol. The van der Waals surface area contributed by atoms with Gasteiger partial charge in [-0.05, 0) is 25.0 Å². The number of nitrogens with one attached hydrogen (secondary N) is 1. The minimum Gasteiger partial charge on any atom is -0.294 e. The molecule has 0 bridgehead atoms. The quantitative estimate of drug-likeness (QED) is 0.0594. The van der Waals surface area contributed by atoms with Crippen molar-refractivity contribution in [1.29, 1.82) is 0 Å². The molecule has 0 spiro atoms. The first kappa shape index (κ1) is 43.1. The van der Waals surface area contributed by atoms with E-state index < -0.39 is 5.91 Å². The van der Waals surface area contributed by atoms with Gasteiger partial charge in [0.25, 0.3) is 5.91 Å². The third-order valence-electron chi connectivity index (χ3n) is 9.71. The van der Waals surface area contributed by atoms with Crippen LogP contribution in [0.25, 0.3) is 0 Å². The Morgan fingerprint density at radius 3 is 1.13 bits per heavy atom. The van der Waals surface area contributed by atoms with E-state index in [0.717, 1.165) is 32.1 Å². The van der Waals surface area contributed by atoms with E-state index in [9.17, 15) is 14.4 Å². The summed E-state index contributed by atoms with van der Waals surface area (Å²) in [4.78, 5) is 37.7. The summed E-state index contributed by atoms with van der Waals surface area (Å²) >= 11 is 0. The van der Waals surface area contributed by atoms with Gasteiger partial charge in [0.15, 0.2) is 5.78 Å². The van der Waals surface area contributed by atoms with Crippen molar-refractivity contribution in [2.24, 2.45) is 0 Å². The van der Waals surface area contributed by atoms with Gasteiger partial charge in [-0.3, -0.25) is 19.7 Å². The molecule has 0 atom stereocenters. The average Bonchev–Trinajstić information content (AvgIpc) is 3.08. The number of imide groups is 1. The lowest BCUT2D eigenvalue weighted by Gasteiger charge is -2.07. The van der Waals surface area contributed by atoms with E-state index in [1.165, 1.54) is 161 Å². The van der Waals surface area contributed by atoms with E-state index in [1.54, 1.807) is 24.3 Å². The highest BCUT2D eigenvalue weighted by molar-refractivity contribution is 6.06. The minimum atomic E-state index is -0.405. The Balaban J connectivity index is 2.03. The monoisotopic (exact) mass is 654 g/mol. The average molecular weight is 654 g/mol. The van der Waals surface area contributed by atoms with Crippen LogP contribution in [0.1, 0.15) is 240 Å². The fourth-order valence-electron chi connectivity index (χ4n) is 6.55. The molecule has 0 unspecified atom stereocenters. The van der Waals surface area contributed by atoms with Crippen molar-refractivity contribution in [1.82, 2.24) is 5.32 Å². The van der Waals surface area contributed by atoms with E-state index >= 15 is 0 Å². The number of hydrogen-bond acceptors (Lipinski definition) is 3. The molecule has 1 rings (SSSR count). The Labute approximate surface area is 291 Å². The largest absolute Gasteiger partial charge is 0.294 e. The lowest BCUT2D eigenvalue weighted by Crippen LogP contribution is -2.30. The molecule has 0 radical (unpaired) electrons. The SMILES string of the molecule is CCCCCCCCCCCCCCCCCC(=O)NC(=O)c1cccc(C(=O)CCCCCCCCCCCCCCCCC)c1. The second-order valence-corrected chi connectivity index (χ2v) is 14.3. The van der Waals surface area contributed by atoms with Gasteiger partial charge >= 0.3 is 0 Å². The van der Waals surface area contributed by atoms with Crippen molar-refractivity contribution in [3.05, 3.63) is 35.4 Å². The topological polar surface area (TPSA) is 63.2 Å². The van der Waals surface area contributed by atoms with Crippen LogP contribution in [0.15, 0.2) is 24.3 Å². The molecule has 1 N–H and O–H groups in total. The second-order valence-electron chi connectivity index (χ2n) is 14.3. The standard InChI is InChI=1S/C43H75NO3/c1-3-5-7-9-11-13-15-17-19-21-23-25-27-29-31-36-41(45)39-34-33-35-40(38-39)43(47)44-42(46)37-32-30-28-26-24-22-20-18-16-14-12-10-8-6-4-2/h33-35,38H,3-32,36-37H2,1-2H3,(H,44,46,47). The molecular formula is C43H75NO3. The van der Waals surface area contributed by atoms with Gasteiger partial charge in [-0.1, -0.05) is 206 Å². The summed E-state index contributed by atoms with van der Waals surface area (Å²) in [7, 11) is 0. The third-order valence-corrected chi connectivity index (χ3v) is 9.71. The highest BCUT2D eigenvalue weighted by Gasteiger charge is 2.13. The number of carbonyl (C=O) groups is 3. The Bertz CT molecular complexity index is 895. The zero-order chi connectivity index (χ0) is 34.0.